The second kappa shape index (κ2) is 7.02. The average molecular weight is 370 g/mol. The third kappa shape index (κ3) is 4.26. The van der Waals surface area contributed by atoms with Gasteiger partial charge in [-0.25, -0.2) is 4.98 Å². The number of halogens is 1. The van der Waals surface area contributed by atoms with Crippen LogP contribution in [0.1, 0.15) is 12.5 Å². The minimum Gasteiger partial charge on any atom is -0.313 e. The highest BCUT2D eigenvalue weighted by molar-refractivity contribution is 9.10. The summed E-state index contributed by atoms with van der Waals surface area (Å²) < 4.78 is 27.7. The molecule has 0 spiro atoms. The van der Waals surface area contributed by atoms with Gasteiger partial charge in [0.2, 0.25) is 0 Å². The molecule has 0 saturated carbocycles. The van der Waals surface area contributed by atoms with Gasteiger partial charge >= 0.3 is 0 Å². The first-order valence-electron chi connectivity index (χ1n) is 6.46. The van der Waals surface area contributed by atoms with Gasteiger partial charge in [0.25, 0.3) is 10.0 Å². The summed E-state index contributed by atoms with van der Waals surface area (Å²) in [6.07, 6.45) is 1.57. The van der Waals surface area contributed by atoms with Crippen LogP contribution in [0.5, 0.6) is 0 Å². The molecule has 2 N–H and O–H groups in total. The molecule has 0 bridgehead atoms. The summed E-state index contributed by atoms with van der Waals surface area (Å²) in [6, 6.07) is 10.3. The minimum atomic E-state index is -3.68. The molecule has 7 heteroatoms. The molecule has 2 aromatic rings. The molecule has 1 aromatic heterocycles. The molecule has 0 fully saturated rings. The van der Waals surface area contributed by atoms with E-state index in [1.54, 1.807) is 30.5 Å². The van der Waals surface area contributed by atoms with Crippen molar-refractivity contribution in [1.82, 2.24) is 10.3 Å². The zero-order valence-corrected chi connectivity index (χ0v) is 13.9. The van der Waals surface area contributed by atoms with Gasteiger partial charge < -0.3 is 5.32 Å². The molecule has 112 valence electrons. The van der Waals surface area contributed by atoms with Crippen LogP contribution in [-0.2, 0) is 16.6 Å². The van der Waals surface area contributed by atoms with E-state index in [4.69, 9.17) is 0 Å². The Morgan fingerprint density at radius 2 is 1.95 bits per heavy atom. The molecule has 1 aromatic carbocycles. The standard InChI is InChI=1S/C14H16BrN3O2S/c1-2-16-9-11-7-8-14(17-10-11)21(19,20)18-13-6-4-3-5-12(13)15/h3-8,10,16,18H,2,9H2,1H3. The quantitative estimate of drug-likeness (QED) is 0.820. The largest absolute Gasteiger partial charge is 0.313 e. The van der Waals surface area contributed by atoms with Crippen molar-refractivity contribution in [3.8, 4) is 0 Å². The van der Waals surface area contributed by atoms with Crippen LogP contribution in [0.3, 0.4) is 0 Å². The van der Waals surface area contributed by atoms with Crippen LogP contribution in [0.4, 0.5) is 5.69 Å². The number of hydrogen-bond donors (Lipinski definition) is 2. The van der Waals surface area contributed by atoms with Crippen LogP contribution in [0, 0.1) is 0 Å². The van der Waals surface area contributed by atoms with Crippen molar-refractivity contribution in [3.63, 3.8) is 0 Å². The first-order valence-corrected chi connectivity index (χ1v) is 8.73. The van der Waals surface area contributed by atoms with Crippen LogP contribution < -0.4 is 10.0 Å². The van der Waals surface area contributed by atoms with Crippen LogP contribution in [0.25, 0.3) is 0 Å². The summed E-state index contributed by atoms with van der Waals surface area (Å²) in [4.78, 5) is 4.02. The SMILES string of the molecule is CCNCc1ccc(S(=O)(=O)Nc2ccccc2Br)nc1. The molecule has 21 heavy (non-hydrogen) atoms. The minimum absolute atomic E-state index is 0.00139. The molecule has 2 rings (SSSR count). The van der Waals surface area contributed by atoms with E-state index in [-0.39, 0.29) is 5.03 Å². The van der Waals surface area contributed by atoms with Crippen LogP contribution in [0.2, 0.25) is 0 Å². The number of nitrogens with zero attached hydrogens (tertiary/aromatic N) is 1. The van der Waals surface area contributed by atoms with Gasteiger partial charge in [0, 0.05) is 17.2 Å². The van der Waals surface area contributed by atoms with E-state index in [1.807, 2.05) is 13.0 Å². The summed E-state index contributed by atoms with van der Waals surface area (Å²) >= 11 is 3.31. The molecule has 0 aliphatic heterocycles. The number of rotatable bonds is 6. The molecule has 0 radical (unpaired) electrons. The van der Waals surface area contributed by atoms with Gasteiger partial charge in [0.1, 0.15) is 0 Å². The predicted molar refractivity (Wildman–Crippen MR) is 86.6 cm³/mol. The van der Waals surface area contributed by atoms with Crippen molar-refractivity contribution in [2.45, 2.75) is 18.5 Å². The number of anilines is 1. The molecular weight excluding hydrogens is 354 g/mol. The number of sulfonamides is 1. The number of benzene rings is 1. The molecule has 0 aliphatic rings. The van der Waals surface area contributed by atoms with Crippen LogP contribution in [0.15, 0.2) is 52.1 Å². The topological polar surface area (TPSA) is 71.1 Å². The number of aromatic nitrogens is 1. The molecule has 1 heterocycles. The second-order valence-electron chi connectivity index (χ2n) is 4.37. The van der Waals surface area contributed by atoms with Crippen LogP contribution >= 0.6 is 15.9 Å². The lowest BCUT2D eigenvalue weighted by Crippen LogP contribution is -2.16. The Hall–Kier alpha value is -1.44. The van der Waals surface area contributed by atoms with Gasteiger partial charge in [-0.3, -0.25) is 4.72 Å². The normalized spacial score (nSPS) is 11.3. The van der Waals surface area contributed by atoms with Crippen molar-refractivity contribution in [3.05, 3.63) is 52.6 Å². The molecule has 0 atom stereocenters. The van der Waals surface area contributed by atoms with E-state index in [0.717, 1.165) is 12.1 Å². The number of pyridine rings is 1. The summed E-state index contributed by atoms with van der Waals surface area (Å²) in [6.45, 7) is 3.53. The Kier molecular flexibility index (Phi) is 5.33. The second-order valence-corrected chi connectivity index (χ2v) is 6.85. The maximum Gasteiger partial charge on any atom is 0.279 e. The van der Waals surface area contributed by atoms with E-state index in [9.17, 15) is 8.42 Å². The number of para-hydroxylation sites is 1. The lowest BCUT2D eigenvalue weighted by molar-refractivity contribution is 0.597. The molecule has 5 nitrogen and oxygen atoms in total. The van der Waals surface area contributed by atoms with Gasteiger partial charge in [0.15, 0.2) is 5.03 Å². The Morgan fingerprint density at radius 1 is 1.19 bits per heavy atom. The van der Waals surface area contributed by atoms with E-state index >= 15 is 0 Å². The highest BCUT2D eigenvalue weighted by Gasteiger charge is 2.16. The van der Waals surface area contributed by atoms with Gasteiger partial charge in [-0.05, 0) is 46.2 Å². The lowest BCUT2D eigenvalue weighted by atomic mass is 10.3. The van der Waals surface area contributed by atoms with Gasteiger partial charge in [-0.2, -0.15) is 8.42 Å². The van der Waals surface area contributed by atoms with E-state index < -0.39 is 10.0 Å². The van der Waals surface area contributed by atoms with Gasteiger partial charge in [-0.1, -0.05) is 25.1 Å². The third-order valence-corrected chi connectivity index (χ3v) is 4.74. The maximum absolute atomic E-state index is 12.3. The Morgan fingerprint density at radius 3 is 2.57 bits per heavy atom. The van der Waals surface area contributed by atoms with Crippen molar-refractivity contribution >= 4 is 31.6 Å². The van der Waals surface area contributed by atoms with Crippen molar-refractivity contribution in [1.29, 1.82) is 0 Å². The Balaban J connectivity index is 2.18. The smallest absolute Gasteiger partial charge is 0.279 e. The van der Waals surface area contributed by atoms with Crippen molar-refractivity contribution < 1.29 is 8.42 Å². The number of nitrogens with one attached hydrogen (secondary N) is 2. The highest BCUT2D eigenvalue weighted by atomic mass is 79.9. The van der Waals surface area contributed by atoms with E-state index in [1.165, 1.54) is 6.07 Å². The first kappa shape index (κ1) is 15.9. The first-order chi connectivity index (χ1) is 10.0. The zero-order valence-electron chi connectivity index (χ0n) is 11.5. The summed E-state index contributed by atoms with van der Waals surface area (Å²) in [5.74, 6) is 0. The van der Waals surface area contributed by atoms with E-state index in [0.29, 0.717) is 16.7 Å². The average Bonchev–Trinajstić information content (AvgIpc) is 2.48. The lowest BCUT2D eigenvalue weighted by Gasteiger charge is -2.09. The predicted octanol–water partition coefficient (Wildman–Crippen LogP) is 2.75. The molecule has 0 saturated heterocycles. The summed E-state index contributed by atoms with van der Waals surface area (Å²) in [5.41, 5.74) is 1.42. The fourth-order valence-corrected chi connectivity index (χ4v) is 3.21. The molecular formula is C14H16BrN3O2S. The Bertz CT molecular complexity index is 702. The zero-order chi connectivity index (χ0) is 15.3. The molecule has 0 unspecified atom stereocenters. The molecule has 0 amide bonds. The van der Waals surface area contributed by atoms with Crippen molar-refractivity contribution in [2.75, 3.05) is 11.3 Å². The fraction of sp³-hybridized carbons (Fsp3) is 0.214. The van der Waals surface area contributed by atoms with Crippen molar-refractivity contribution in [2.24, 2.45) is 0 Å². The van der Waals surface area contributed by atoms with Gasteiger partial charge in [-0.15, -0.1) is 0 Å². The highest BCUT2D eigenvalue weighted by Crippen LogP contribution is 2.23. The number of hydrogen-bond acceptors (Lipinski definition) is 4. The third-order valence-electron chi connectivity index (χ3n) is 2.77. The van der Waals surface area contributed by atoms with Gasteiger partial charge in [0.05, 0.1) is 5.69 Å². The maximum atomic E-state index is 12.3. The molecule has 0 aliphatic carbocycles. The fourth-order valence-electron chi connectivity index (χ4n) is 1.68. The summed E-state index contributed by atoms with van der Waals surface area (Å²) in [5, 5.41) is 3.16. The monoisotopic (exact) mass is 369 g/mol. The van der Waals surface area contributed by atoms with Crippen LogP contribution in [-0.4, -0.2) is 19.9 Å². The summed E-state index contributed by atoms with van der Waals surface area (Å²) in [7, 11) is -3.68. The van der Waals surface area contributed by atoms with E-state index in [2.05, 4.69) is 31.0 Å². The Labute approximate surface area is 133 Å².